The van der Waals surface area contributed by atoms with Gasteiger partial charge in [-0.25, -0.2) is 12.7 Å². The number of carbonyl (C=O) groups is 1. The van der Waals surface area contributed by atoms with Crippen LogP contribution in [-0.4, -0.2) is 75.2 Å². The zero-order valence-electron chi connectivity index (χ0n) is 12.9. The standard InChI is InChI=1S/C12H22F3N3O3S/c1-9(19)16-5-4-6-18-7-10(12(13,14)15)11(8-18)22(20,21)17(2)3/h10-11H,4-8H2,1-3H3,(H,16,19)/t10-,11-/m1/s1. The first kappa shape index (κ1) is 19.2. The molecular weight excluding hydrogens is 323 g/mol. The molecule has 1 heterocycles. The van der Waals surface area contributed by atoms with Crippen molar-refractivity contribution in [1.82, 2.24) is 14.5 Å². The molecule has 2 atom stereocenters. The number of amides is 1. The molecule has 1 saturated heterocycles. The minimum Gasteiger partial charge on any atom is -0.356 e. The first-order valence-corrected chi connectivity index (χ1v) is 8.41. The number of rotatable bonds is 6. The summed E-state index contributed by atoms with van der Waals surface area (Å²) in [4.78, 5) is 12.2. The first-order chi connectivity index (χ1) is 9.96. The minimum atomic E-state index is -4.56. The van der Waals surface area contributed by atoms with Gasteiger partial charge in [0.15, 0.2) is 0 Å². The summed E-state index contributed by atoms with van der Waals surface area (Å²) in [6.45, 7) is 1.54. The summed E-state index contributed by atoms with van der Waals surface area (Å²) < 4.78 is 64.4. The van der Waals surface area contributed by atoms with E-state index in [0.717, 1.165) is 4.31 Å². The Hall–Kier alpha value is -0.870. The molecular formula is C12H22F3N3O3S. The number of hydrogen-bond acceptors (Lipinski definition) is 4. The molecule has 0 bridgehead atoms. The highest BCUT2D eigenvalue weighted by Gasteiger charge is 2.54. The molecule has 10 heteroatoms. The van der Waals surface area contributed by atoms with Crippen molar-refractivity contribution >= 4 is 15.9 Å². The normalized spacial score (nSPS) is 24.0. The third-order valence-electron chi connectivity index (χ3n) is 3.68. The zero-order valence-corrected chi connectivity index (χ0v) is 13.7. The van der Waals surface area contributed by atoms with E-state index < -0.39 is 27.4 Å². The second-order valence-corrected chi connectivity index (χ2v) is 7.98. The van der Waals surface area contributed by atoms with E-state index in [4.69, 9.17) is 0 Å². The van der Waals surface area contributed by atoms with Gasteiger partial charge in [0.25, 0.3) is 0 Å². The van der Waals surface area contributed by atoms with Crippen molar-refractivity contribution in [3.8, 4) is 0 Å². The predicted molar refractivity (Wildman–Crippen MR) is 75.7 cm³/mol. The molecule has 130 valence electrons. The van der Waals surface area contributed by atoms with Crippen molar-refractivity contribution in [2.45, 2.75) is 24.8 Å². The number of nitrogens with one attached hydrogen (secondary N) is 1. The molecule has 1 fully saturated rings. The largest absolute Gasteiger partial charge is 0.394 e. The Morgan fingerprint density at radius 3 is 2.36 bits per heavy atom. The minimum absolute atomic E-state index is 0.148. The van der Waals surface area contributed by atoms with Crippen LogP contribution in [0.25, 0.3) is 0 Å². The number of hydrogen-bond donors (Lipinski definition) is 1. The molecule has 6 nitrogen and oxygen atoms in total. The molecule has 0 aliphatic carbocycles. The van der Waals surface area contributed by atoms with Crippen molar-refractivity contribution in [3.05, 3.63) is 0 Å². The predicted octanol–water partition coefficient (Wildman–Crippen LogP) is 0.267. The highest BCUT2D eigenvalue weighted by Crippen LogP contribution is 2.37. The molecule has 0 aromatic heterocycles. The lowest BCUT2D eigenvalue weighted by Gasteiger charge is -2.24. The number of alkyl halides is 3. The molecule has 1 N–H and O–H groups in total. The summed E-state index contributed by atoms with van der Waals surface area (Å²) in [7, 11) is -1.51. The Morgan fingerprint density at radius 2 is 1.91 bits per heavy atom. The summed E-state index contributed by atoms with van der Waals surface area (Å²) in [5.41, 5.74) is 0. The van der Waals surface area contributed by atoms with Gasteiger partial charge < -0.3 is 10.2 Å². The van der Waals surface area contributed by atoms with Crippen molar-refractivity contribution in [2.24, 2.45) is 5.92 Å². The van der Waals surface area contributed by atoms with Crippen molar-refractivity contribution in [2.75, 3.05) is 40.3 Å². The van der Waals surface area contributed by atoms with E-state index in [1.807, 2.05) is 0 Å². The SMILES string of the molecule is CC(=O)NCCCN1C[C@@H](C(F)(F)F)[C@H](S(=O)(=O)N(C)C)C1. The maximum Gasteiger partial charge on any atom is 0.394 e. The molecule has 22 heavy (non-hydrogen) atoms. The molecule has 0 spiro atoms. The van der Waals surface area contributed by atoms with E-state index in [1.54, 1.807) is 0 Å². The Kier molecular flexibility index (Phi) is 6.22. The Balaban J connectivity index is 2.74. The van der Waals surface area contributed by atoms with Crippen LogP contribution in [0.15, 0.2) is 0 Å². The fourth-order valence-corrected chi connectivity index (χ4v) is 4.08. The Morgan fingerprint density at radius 1 is 1.32 bits per heavy atom. The highest BCUT2D eigenvalue weighted by atomic mass is 32.2. The fourth-order valence-electron chi connectivity index (χ4n) is 2.49. The molecule has 0 aromatic rings. The van der Waals surface area contributed by atoms with E-state index in [2.05, 4.69) is 5.32 Å². The lowest BCUT2D eigenvalue weighted by atomic mass is 10.1. The van der Waals surface area contributed by atoms with Crippen LogP contribution in [0, 0.1) is 5.92 Å². The van der Waals surface area contributed by atoms with Crippen molar-refractivity contribution < 1.29 is 26.4 Å². The van der Waals surface area contributed by atoms with Crippen LogP contribution in [0.3, 0.4) is 0 Å². The van der Waals surface area contributed by atoms with Gasteiger partial charge in [0.05, 0.1) is 5.92 Å². The number of nitrogens with zero attached hydrogens (tertiary/aromatic N) is 2. The third-order valence-corrected chi connectivity index (χ3v) is 5.94. The maximum absolute atomic E-state index is 13.1. The smallest absolute Gasteiger partial charge is 0.356 e. The maximum atomic E-state index is 13.1. The van der Waals surface area contributed by atoms with Gasteiger partial charge in [-0.3, -0.25) is 4.79 Å². The summed E-state index contributed by atoms with van der Waals surface area (Å²) in [6, 6.07) is 0. The Bertz CT molecular complexity index is 494. The van der Waals surface area contributed by atoms with Crippen LogP contribution in [0.4, 0.5) is 13.2 Å². The number of carbonyl (C=O) groups excluding carboxylic acids is 1. The quantitative estimate of drug-likeness (QED) is 0.702. The van der Waals surface area contributed by atoms with Gasteiger partial charge in [-0.2, -0.15) is 13.2 Å². The first-order valence-electron chi connectivity index (χ1n) is 6.91. The molecule has 1 rings (SSSR count). The van der Waals surface area contributed by atoms with Gasteiger partial charge in [0.2, 0.25) is 15.9 Å². The van der Waals surface area contributed by atoms with Crippen molar-refractivity contribution in [3.63, 3.8) is 0 Å². The van der Waals surface area contributed by atoms with Crippen LogP contribution < -0.4 is 5.32 Å². The molecule has 1 aliphatic heterocycles. The average molecular weight is 345 g/mol. The van der Waals surface area contributed by atoms with Crippen molar-refractivity contribution in [1.29, 1.82) is 0 Å². The molecule has 1 amide bonds. The summed E-state index contributed by atoms with van der Waals surface area (Å²) in [5, 5.41) is 1.07. The van der Waals surface area contributed by atoms with Gasteiger partial charge in [-0.05, 0) is 13.0 Å². The van der Waals surface area contributed by atoms with Crippen LogP contribution in [0.2, 0.25) is 0 Å². The van der Waals surface area contributed by atoms with Gasteiger partial charge in [0, 0.05) is 40.7 Å². The van der Waals surface area contributed by atoms with Crippen LogP contribution in [0.5, 0.6) is 0 Å². The van der Waals surface area contributed by atoms with Crippen LogP contribution in [0.1, 0.15) is 13.3 Å². The second kappa shape index (κ2) is 7.14. The van der Waals surface area contributed by atoms with Gasteiger partial charge in [-0.15, -0.1) is 0 Å². The molecule has 0 saturated carbocycles. The fraction of sp³-hybridized carbons (Fsp3) is 0.917. The number of sulfonamides is 1. The molecule has 0 unspecified atom stereocenters. The lowest BCUT2D eigenvalue weighted by Crippen LogP contribution is -2.43. The Labute approximate surface area is 128 Å². The van der Waals surface area contributed by atoms with E-state index >= 15 is 0 Å². The molecule has 1 aliphatic rings. The lowest BCUT2D eigenvalue weighted by molar-refractivity contribution is -0.169. The van der Waals surface area contributed by atoms with Gasteiger partial charge >= 0.3 is 6.18 Å². The average Bonchev–Trinajstić information content (AvgIpc) is 2.79. The third kappa shape index (κ3) is 4.82. The van der Waals surface area contributed by atoms with Gasteiger partial charge in [-0.1, -0.05) is 0 Å². The highest BCUT2D eigenvalue weighted by molar-refractivity contribution is 7.89. The van der Waals surface area contributed by atoms with E-state index in [-0.39, 0.29) is 19.0 Å². The van der Waals surface area contributed by atoms with E-state index in [1.165, 1.54) is 25.9 Å². The topological polar surface area (TPSA) is 69.7 Å². The monoisotopic (exact) mass is 345 g/mol. The summed E-state index contributed by atoms with van der Waals surface area (Å²) in [5.74, 6) is -2.09. The number of likely N-dealkylation sites (tertiary alicyclic amines) is 1. The second-order valence-electron chi connectivity index (χ2n) is 5.61. The van der Waals surface area contributed by atoms with E-state index in [9.17, 15) is 26.4 Å². The number of halogens is 3. The van der Waals surface area contributed by atoms with Crippen LogP contribution >= 0.6 is 0 Å². The summed E-state index contributed by atoms with van der Waals surface area (Å²) in [6.07, 6.45) is -4.08. The van der Waals surface area contributed by atoms with E-state index in [0.29, 0.717) is 19.5 Å². The van der Waals surface area contributed by atoms with Gasteiger partial charge in [0.1, 0.15) is 5.25 Å². The molecule has 0 aromatic carbocycles. The zero-order chi connectivity index (χ0) is 17.1. The summed E-state index contributed by atoms with van der Waals surface area (Å²) >= 11 is 0. The molecule has 0 radical (unpaired) electrons. The van der Waals surface area contributed by atoms with Crippen LogP contribution in [-0.2, 0) is 14.8 Å².